The fourth-order valence-corrected chi connectivity index (χ4v) is 0.817. The highest BCUT2D eigenvalue weighted by atomic mass is 35.5. The first-order valence-electron chi connectivity index (χ1n) is 3.29. The molecule has 66 valence electrons. The zero-order chi connectivity index (χ0) is 9.84. The van der Waals surface area contributed by atoms with Crippen LogP contribution >= 0.6 is 11.6 Å². The van der Waals surface area contributed by atoms with Crippen LogP contribution in [0.15, 0.2) is 18.2 Å². The van der Waals surface area contributed by atoms with Crippen LogP contribution in [0.4, 0.5) is 4.39 Å². The molecule has 1 aromatic rings. The third-order valence-corrected chi connectivity index (χ3v) is 1.54. The predicted molar refractivity (Wildman–Crippen MR) is 45.9 cm³/mol. The zero-order valence-corrected chi connectivity index (χ0v) is 7.10. The van der Waals surface area contributed by atoms with E-state index in [4.69, 9.17) is 16.7 Å². The molecule has 0 heterocycles. The van der Waals surface area contributed by atoms with Crippen molar-refractivity contribution in [3.63, 3.8) is 0 Å². The number of carbonyl (C=O) groups is 1. The highest BCUT2D eigenvalue weighted by Crippen LogP contribution is 2.14. The average molecular weight is 199 g/mol. The van der Waals surface area contributed by atoms with Gasteiger partial charge in [-0.15, -0.1) is 0 Å². The van der Waals surface area contributed by atoms with Crippen LogP contribution in [0.25, 0.3) is 0 Å². The molecule has 0 unspecified atom stereocenters. The van der Waals surface area contributed by atoms with E-state index in [2.05, 4.69) is 5.92 Å². The molecule has 13 heavy (non-hydrogen) atoms. The van der Waals surface area contributed by atoms with Gasteiger partial charge in [0.15, 0.2) is 0 Å². The summed E-state index contributed by atoms with van der Waals surface area (Å²) in [7, 11) is 0. The molecule has 0 atom stereocenters. The highest BCUT2D eigenvalue weighted by Gasteiger charge is 1.98. The van der Waals surface area contributed by atoms with Crippen LogP contribution < -0.4 is 0 Å². The fourth-order valence-electron chi connectivity index (χ4n) is 0.700. The Kier molecular flexibility index (Phi) is 2.88. The van der Waals surface area contributed by atoms with E-state index in [0.29, 0.717) is 0 Å². The molecule has 0 aliphatic heterocycles. The number of carboxylic acids is 1. The summed E-state index contributed by atoms with van der Waals surface area (Å²) in [6, 6.07) is 3.85. The minimum atomic E-state index is -1.25. The second kappa shape index (κ2) is 3.92. The standard InChI is InChI=1S/C9H4ClFO2/c10-7-3-1-6(5-8(7)11)2-4-9(12)13/h1,3,5H,(H,12,13). The van der Waals surface area contributed by atoms with Gasteiger partial charge in [0.25, 0.3) is 0 Å². The lowest BCUT2D eigenvalue weighted by atomic mass is 10.2. The molecule has 0 fully saturated rings. The molecule has 1 aromatic carbocycles. The second-order valence-corrected chi connectivity index (χ2v) is 2.59. The Hall–Kier alpha value is -1.53. The maximum atomic E-state index is 12.8. The number of rotatable bonds is 0. The fraction of sp³-hybridized carbons (Fsp3) is 0. The SMILES string of the molecule is O=C(O)C#Cc1ccc(Cl)c(F)c1. The van der Waals surface area contributed by atoms with Crippen molar-refractivity contribution in [1.29, 1.82) is 0 Å². The third-order valence-electron chi connectivity index (χ3n) is 1.23. The number of aliphatic carboxylic acids is 1. The average Bonchev–Trinajstić information content (AvgIpc) is 2.07. The molecule has 0 bridgehead atoms. The van der Waals surface area contributed by atoms with Crippen molar-refractivity contribution in [2.45, 2.75) is 0 Å². The second-order valence-electron chi connectivity index (χ2n) is 2.18. The Morgan fingerprint density at radius 3 is 2.77 bits per heavy atom. The lowest BCUT2D eigenvalue weighted by Gasteiger charge is -1.92. The van der Waals surface area contributed by atoms with Crippen molar-refractivity contribution in [3.8, 4) is 11.8 Å². The molecule has 4 heteroatoms. The van der Waals surface area contributed by atoms with Crippen LogP contribution in [-0.4, -0.2) is 11.1 Å². The summed E-state index contributed by atoms with van der Waals surface area (Å²) >= 11 is 5.40. The van der Waals surface area contributed by atoms with Crippen LogP contribution in [-0.2, 0) is 4.79 Å². The van der Waals surface area contributed by atoms with Crippen LogP contribution in [0.5, 0.6) is 0 Å². The number of carboxylic acid groups (broad SMARTS) is 1. The maximum absolute atomic E-state index is 12.8. The summed E-state index contributed by atoms with van der Waals surface area (Å²) < 4.78 is 12.8. The van der Waals surface area contributed by atoms with E-state index in [1.807, 2.05) is 5.92 Å². The largest absolute Gasteiger partial charge is 0.472 e. The van der Waals surface area contributed by atoms with Crippen LogP contribution in [0, 0.1) is 17.7 Å². The first kappa shape index (κ1) is 9.56. The normalized spacial score (nSPS) is 8.77. The maximum Gasteiger partial charge on any atom is 0.382 e. The first-order valence-corrected chi connectivity index (χ1v) is 3.67. The van der Waals surface area contributed by atoms with E-state index in [1.165, 1.54) is 12.1 Å². The predicted octanol–water partition coefficient (Wildman–Crippen LogP) is 1.92. The molecule has 0 aromatic heterocycles. The molecule has 2 nitrogen and oxygen atoms in total. The van der Waals surface area contributed by atoms with E-state index >= 15 is 0 Å². The van der Waals surface area contributed by atoms with Crippen molar-refractivity contribution >= 4 is 17.6 Å². The van der Waals surface area contributed by atoms with Gasteiger partial charge < -0.3 is 5.11 Å². The molecule has 0 amide bonds. The zero-order valence-electron chi connectivity index (χ0n) is 6.34. The Labute approximate surface area is 79.0 Å². The van der Waals surface area contributed by atoms with E-state index in [1.54, 1.807) is 0 Å². The summed E-state index contributed by atoms with van der Waals surface area (Å²) in [5, 5.41) is 8.19. The Bertz CT molecular complexity index is 404. The summed E-state index contributed by atoms with van der Waals surface area (Å²) in [5.41, 5.74) is 0.282. The first-order chi connectivity index (χ1) is 6.09. The van der Waals surface area contributed by atoms with Gasteiger partial charge in [-0.3, -0.25) is 0 Å². The van der Waals surface area contributed by atoms with Gasteiger partial charge in [-0.1, -0.05) is 17.5 Å². The van der Waals surface area contributed by atoms with Gasteiger partial charge >= 0.3 is 5.97 Å². The van der Waals surface area contributed by atoms with Gasteiger partial charge in [-0.05, 0) is 18.2 Å². The quantitative estimate of drug-likeness (QED) is 0.647. The minimum absolute atomic E-state index is 0.0131. The summed E-state index contributed by atoms with van der Waals surface area (Å²) in [4.78, 5) is 10.0. The highest BCUT2D eigenvalue weighted by molar-refractivity contribution is 6.30. The monoisotopic (exact) mass is 198 g/mol. The van der Waals surface area contributed by atoms with E-state index < -0.39 is 11.8 Å². The number of benzene rings is 1. The summed E-state index contributed by atoms with van der Waals surface area (Å²) in [6.07, 6.45) is 0. The van der Waals surface area contributed by atoms with Crippen molar-refractivity contribution in [1.82, 2.24) is 0 Å². The minimum Gasteiger partial charge on any atom is -0.472 e. The van der Waals surface area contributed by atoms with Gasteiger partial charge in [0, 0.05) is 11.5 Å². The van der Waals surface area contributed by atoms with Crippen LogP contribution in [0.2, 0.25) is 5.02 Å². The topological polar surface area (TPSA) is 37.3 Å². The van der Waals surface area contributed by atoms with Crippen LogP contribution in [0.1, 0.15) is 5.56 Å². The lowest BCUT2D eigenvalue weighted by Crippen LogP contribution is -1.87. The lowest BCUT2D eigenvalue weighted by molar-refractivity contribution is -0.130. The van der Waals surface area contributed by atoms with E-state index in [-0.39, 0.29) is 10.6 Å². The Morgan fingerprint density at radius 1 is 1.54 bits per heavy atom. The number of hydrogen-bond donors (Lipinski definition) is 1. The number of hydrogen-bond acceptors (Lipinski definition) is 1. The molecular weight excluding hydrogens is 195 g/mol. The van der Waals surface area contributed by atoms with Crippen LogP contribution in [0.3, 0.4) is 0 Å². The van der Waals surface area contributed by atoms with Gasteiger partial charge in [-0.25, -0.2) is 9.18 Å². The Morgan fingerprint density at radius 2 is 2.23 bits per heavy atom. The van der Waals surface area contributed by atoms with E-state index in [0.717, 1.165) is 6.07 Å². The smallest absolute Gasteiger partial charge is 0.382 e. The van der Waals surface area contributed by atoms with Gasteiger partial charge in [0.1, 0.15) is 5.82 Å². The molecule has 0 spiro atoms. The summed E-state index contributed by atoms with van der Waals surface area (Å²) in [5.74, 6) is 2.26. The van der Waals surface area contributed by atoms with Crippen molar-refractivity contribution in [3.05, 3.63) is 34.6 Å². The third kappa shape index (κ3) is 2.77. The molecule has 0 aliphatic carbocycles. The van der Waals surface area contributed by atoms with Crippen molar-refractivity contribution in [2.24, 2.45) is 0 Å². The van der Waals surface area contributed by atoms with E-state index in [9.17, 15) is 9.18 Å². The molecule has 1 N–H and O–H groups in total. The number of halogens is 2. The summed E-state index contributed by atoms with van der Waals surface area (Å²) in [6.45, 7) is 0. The van der Waals surface area contributed by atoms with Gasteiger partial charge in [0.05, 0.1) is 5.02 Å². The molecule has 0 aliphatic rings. The molecule has 0 saturated carbocycles. The molecule has 0 radical (unpaired) electrons. The molecule has 1 rings (SSSR count). The van der Waals surface area contributed by atoms with Crippen molar-refractivity contribution < 1.29 is 14.3 Å². The van der Waals surface area contributed by atoms with Gasteiger partial charge in [-0.2, -0.15) is 0 Å². The van der Waals surface area contributed by atoms with Crippen molar-refractivity contribution in [2.75, 3.05) is 0 Å². The van der Waals surface area contributed by atoms with Gasteiger partial charge in [0.2, 0.25) is 0 Å². The molecule has 0 saturated heterocycles. The molecular formula is C9H4ClFO2. The Balaban J connectivity index is 3.00.